The molecule has 0 aliphatic carbocycles. The topological polar surface area (TPSA) is 99.5 Å². The molecule has 1 N–H and O–H groups in total. The summed E-state index contributed by atoms with van der Waals surface area (Å²) in [6, 6.07) is 0. The van der Waals surface area contributed by atoms with Crippen LogP contribution in [0.2, 0.25) is 0 Å². The van der Waals surface area contributed by atoms with Crippen LogP contribution in [-0.4, -0.2) is 80.6 Å². The molecule has 27 heavy (non-hydrogen) atoms. The van der Waals surface area contributed by atoms with Gasteiger partial charge in [-0.2, -0.15) is 4.98 Å². The fourth-order valence-electron chi connectivity index (χ4n) is 3.86. The number of aryl methyl sites for hydroxylation is 1. The molecule has 0 aromatic carbocycles. The summed E-state index contributed by atoms with van der Waals surface area (Å²) in [6.07, 6.45) is 2.35. The fourth-order valence-corrected chi connectivity index (χ4v) is 3.86. The van der Waals surface area contributed by atoms with Crippen LogP contribution in [0.1, 0.15) is 12.8 Å². The Morgan fingerprint density at radius 3 is 2.33 bits per heavy atom. The lowest BCUT2D eigenvalue weighted by Gasteiger charge is -2.35. The number of aromatic nitrogens is 4. The molecule has 146 valence electrons. The number of carbonyl (C=O) groups is 1. The predicted molar refractivity (Wildman–Crippen MR) is 101 cm³/mol. The van der Waals surface area contributed by atoms with E-state index in [4.69, 9.17) is 0 Å². The highest BCUT2D eigenvalue weighted by Crippen LogP contribution is 2.16. The molecule has 1 amide bonds. The first-order valence-electron chi connectivity index (χ1n) is 9.36. The van der Waals surface area contributed by atoms with Gasteiger partial charge in [-0.05, 0) is 25.9 Å². The number of carbonyl (C=O) groups excluding carboxylic acids is 1. The van der Waals surface area contributed by atoms with Gasteiger partial charge in [0.05, 0.1) is 6.54 Å². The molecule has 0 bridgehead atoms. The van der Waals surface area contributed by atoms with Crippen LogP contribution in [0.3, 0.4) is 0 Å². The first kappa shape index (κ1) is 17.8. The number of anilines is 1. The number of aromatic amines is 1. The Kier molecular flexibility index (Phi) is 4.50. The zero-order valence-electron chi connectivity index (χ0n) is 15.8. The predicted octanol–water partition coefficient (Wildman–Crippen LogP) is -1.30. The van der Waals surface area contributed by atoms with Gasteiger partial charge in [-0.25, -0.2) is 4.79 Å². The molecular weight excluding hydrogens is 350 g/mol. The maximum absolute atomic E-state index is 12.5. The van der Waals surface area contributed by atoms with Crippen molar-refractivity contribution in [2.24, 2.45) is 14.1 Å². The van der Waals surface area contributed by atoms with Gasteiger partial charge in [-0.3, -0.25) is 23.6 Å². The Morgan fingerprint density at radius 2 is 1.67 bits per heavy atom. The average molecular weight is 375 g/mol. The molecule has 2 saturated heterocycles. The monoisotopic (exact) mass is 375 g/mol. The van der Waals surface area contributed by atoms with Crippen molar-refractivity contribution >= 4 is 23.0 Å². The first-order valence-corrected chi connectivity index (χ1v) is 9.36. The second kappa shape index (κ2) is 6.84. The van der Waals surface area contributed by atoms with E-state index in [9.17, 15) is 14.4 Å². The van der Waals surface area contributed by atoms with E-state index < -0.39 is 5.69 Å². The van der Waals surface area contributed by atoms with Gasteiger partial charge in [0.1, 0.15) is 0 Å². The Hall–Kier alpha value is -2.62. The minimum Gasteiger partial charge on any atom is -0.339 e. The number of nitrogens with zero attached hydrogens (tertiary/aromatic N) is 6. The van der Waals surface area contributed by atoms with Crippen molar-refractivity contribution in [3.63, 3.8) is 0 Å². The molecular formula is C17H25N7O3. The summed E-state index contributed by atoms with van der Waals surface area (Å²) in [7, 11) is 3.05. The van der Waals surface area contributed by atoms with E-state index in [0.29, 0.717) is 49.8 Å². The minimum absolute atomic E-state index is 0.178. The molecule has 2 fully saturated rings. The minimum atomic E-state index is -0.400. The third-order valence-electron chi connectivity index (χ3n) is 5.57. The number of H-pyrrole nitrogens is 1. The van der Waals surface area contributed by atoms with Crippen molar-refractivity contribution in [3.05, 3.63) is 20.8 Å². The van der Waals surface area contributed by atoms with Gasteiger partial charge >= 0.3 is 5.69 Å². The van der Waals surface area contributed by atoms with Crippen LogP contribution in [0.25, 0.3) is 11.2 Å². The second-order valence-corrected chi connectivity index (χ2v) is 7.32. The molecule has 4 rings (SSSR count). The van der Waals surface area contributed by atoms with Crippen LogP contribution in [0.4, 0.5) is 5.95 Å². The first-order chi connectivity index (χ1) is 13.0. The molecule has 0 unspecified atom stereocenters. The van der Waals surface area contributed by atoms with E-state index in [0.717, 1.165) is 17.7 Å². The third kappa shape index (κ3) is 3.14. The Labute approximate surface area is 156 Å². The largest absolute Gasteiger partial charge is 0.339 e. The van der Waals surface area contributed by atoms with Crippen LogP contribution in [0, 0.1) is 0 Å². The van der Waals surface area contributed by atoms with E-state index in [1.807, 2.05) is 9.80 Å². The summed E-state index contributed by atoms with van der Waals surface area (Å²) < 4.78 is 2.44. The van der Waals surface area contributed by atoms with Crippen LogP contribution >= 0.6 is 0 Å². The number of rotatable bonds is 3. The number of hydrogen-bond donors (Lipinski definition) is 1. The highest BCUT2D eigenvalue weighted by Gasteiger charge is 2.25. The third-order valence-corrected chi connectivity index (χ3v) is 5.57. The Bertz CT molecular complexity index is 975. The number of piperazine rings is 1. The van der Waals surface area contributed by atoms with E-state index >= 15 is 0 Å². The van der Waals surface area contributed by atoms with Crippen molar-refractivity contribution in [1.82, 2.24) is 28.9 Å². The van der Waals surface area contributed by atoms with Crippen molar-refractivity contribution in [1.29, 1.82) is 0 Å². The number of amides is 1. The number of fused-ring (bicyclic) bond motifs is 1. The molecule has 2 aromatic rings. The number of imidazole rings is 1. The lowest BCUT2D eigenvalue weighted by Crippen LogP contribution is -2.51. The summed E-state index contributed by atoms with van der Waals surface area (Å²) in [5, 5.41) is 0. The quantitative estimate of drug-likeness (QED) is 0.716. The molecule has 0 atom stereocenters. The van der Waals surface area contributed by atoms with Crippen molar-refractivity contribution in [2.75, 3.05) is 50.7 Å². The van der Waals surface area contributed by atoms with Gasteiger partial charge in [-0.1, -0.05) is 0 Å². The van der Waals surface area contributed by atoms with Crippen LogP contribution < -0.4 is 16.1 Å². The van der Waals surface area contributed by atoms with Gasteiger partial charge in [-0.15, -0.1) is 0 Å². The van der Waals surface area contributed by atoms with Crippen molar-refractivity contribution in [3.8, 4) is 0 Å². The summed E-state index contributed by atoms with van der Waals surface area (Å²) in [5.74, 6) is 0.743. The fraction of sp³-hybridized carbons (Fsp3) is 0.647. The molecule has 10 nitrogen and oxygen atoms in total. The second-order valence-electron chi connectivity index (χ2n) is 7.32. The number of nitrogens with one attached hydrogen (secondary N) is 1. The molecule has 2 aliphatic rings. The van der Waals surface area contributed by atoms with Crippen LogP contribution in [0.5, 0.6) is 0 Å². The van der Waals surface area contributed by atoms with Crippen molar-refractivity contribution < 1.29 is 4.79 Å². The Morgan fingerprint density at radius 1 is 1.00 bits per heavy atom. The normalized spacial score (nSPS) is 18.6. The number of likely N-dealkylation sites (tertiary alicyclic amines) is 1. The molecule has 2 aliphatic heterocycles. The van der Waals surface area contributed by atoms with Gasteiger partial charge in [0.15, 0.2) is 11.2 Å². The average Bonchev–Trinajstić information content (AvgIpc) is 3.35. The van der Waals surface area contributed by atoms with E-state index in [1.165, 1.54) is 24.5 Å². The molecule has 0 spiro atoms. The number of hydrogen-bond acceptors (Lipinski definition) is 6. The summed E-state index contributed by atoms with van der Waals surface area (Å²) in [6.45, 7) is 5.06. The zero-order valence-corrected chi connectivity index (χ0v) is 15.8. The molecule has 2 aromatic heterocycles. The Balaban J connectivity index is 1.47. The molecule has 0 saturated carbocycles. The molecule has 0 radical (unpaired) electrons. The lowest BCUT2D eigenvalue weighted by molar-refractivity contribution is -0.132. The zero-order chi connectivity index (χ0) is 19.1. The van der Waals surface area contributed by atoms with Crippen molar-refractivity contribution in [2.45, 2.75) is 12.8 Å². The summed E-state index contributed by atoms with van der Waals surface area (Å²) >= 11 is 0. The van der Waals surface area contributed by atoms with Crippen LogP contribution in [-0.2, 0) is 18.9 Å². The summed E-state index contributed by atoms with van der Waals surface area (Å²) in [5.41, 5.74) is -0.109. The SMILES string of the molecule is Cn1c(=O)c2[nH]c(N3CCN(C(=O)CN4CCCC4)CC3)nc2n(C)c1=O. The maximum Gasteiger partial charge on any atom is 0.332 e. The van der Waals surface area contributed by atoms with E-state index in [1.54, 1.807) is 7.05 Å². The standard InChI is InChI=1S/C17H25N7O3/c1-20-14-13(15(26)21(2)17(20)27)18-16(19-14)24-9-7-23(8-10-24)12(25)11-22-5-3-4-6-22/h3-11H2,1-2H3,(H,18,19). The van der Waals surface area contributed by atoms with Gasteiger partial charge in [0.2, 0.25) is 11.9 Å². The maximum atomic E-state index is 12.5. The van der Waals surface area contributed by atoms with Gasteiger partial charge in [0.25, 0.3) is 5.56 Å². The lowest BCUT2D eigenvalue weighted by atomic mass is 10.3. The highest BCUT2D eigenvalue weighted by atomic mass is 16.2. The van der Waals surface area contributed by atoms with Gasteiger partial charge in [0, 0.05) is 40.3 Å². The van der Waals surface area contributed by atoms with E-state index in [-0.39, 0.29) is 11.5 Å². The molecule has 10 heteroatoms. The van der Waals surface area contributed by atoms with Gasteiger partial charge < -0.3 is 14.8 Å². The molecule has 4 heterocycles. The van der Waals surface area contributed by atoms with Crippen LogP contribution in [0.15, 0.2) is 9.59 Å². The highest BCUT2D eigenvalue weighted by molar-refractivity contribution is 5.78. The smallest absolute Gasteiger partial charge is 0.332 e. The summed E-state index contributed by atoms with van der Waals surface area (Å²) in [4.78, 5) is 50.5. The van der Waals surface area contributed by atoms with E-state index in [2.05, 4.69) is 14.9 Å².